The van der Waals surface area contributed by atoms with Crippen LogP contribution in [0.5, 0.6) is 0 Å². The van der Waals surface area contributed by atoms with Gasteiger partial charge in [-0.2, -0.15) is 10.2 Å². The minimum absolute atomic E-state index is 0.130. The fourth-order valence-electron chi connectivity index (χ4n) is 2.78. The lowest BCUT2D eigenvalue weighted by atomic mass is 10.1. The first-order valence-corrected chi connectivity index (χ1v) is 7.88. The van der Waals surface area contributed by atoms with E-state index in [1.165, 1.54) is 5.56 Å². The number of anilines is 1. The van der Waals surface area contributed by atoms with Gasteiger partial charge in [-0.15, -0.1) is 0 Å². The zero-order valence-corrected chi connectivity index (χ0v) is 13.6. The molecule has 24 heavy (non-hydrogen) atoms. The van der Waals surface area contributed by atoms with E-state index in [1.54, 1.807) is 12.4 Å². The fourth-order valence-corrected chi connectivity index (χ4v) is 2.78. The van der Waals surface area contributed by atoms with Crippen molar-refractivity contribution in [2.24, 2.45) is 0 Å². The summed E-state index contributed by atoms with van der Waals surface area (Å²) >= 11 is 0. The maximum Gasteiger partial charge on any atom is 0.152 e. The molecular formula is C18H18N6. The number of aryl methyl sites for hydroxylation is 1. The molecule has 1 atom stereocenters. The van der Waals surface area contributed by atoms with Crippen LogP contribution in [0.3, 0.4) is 0 Å². The van der Waals surface area contributed by atoms with Crippen LogP contribution in [0.15, 0.2) is 61.2 Å². The molecule has 6 heteroatoms. The maximum atomic E-state index is 4.46. The molecule has 0 saturated heterocycles. The summed E-state index contributed by atoms with van der Waals surface area (Å²) in [6, 6.07) is 12.4. The molecule has 4 aromatic rings. The molecule has 1 aromatic carbocycles. The van der Waals surface area contributed by atoms with Crippen molar-refractivity contribution in [2.45, 2.75) is 19.9 Å². The van der Waals surface area contributed by atoms with Crippen LogP contribution in [0.25, 0.3) is 11.2 Å². The third-order valence-electron chi connectivity index (χ3n) is 4.03. The Balaban J connectivity index is 1.58. The molecule has 0 fully saturated rings. The molecule has 0 spiro atoms. The predicted octanol–water partition coefficient (Wildman–Crippen LogP) is 3.40. The normalized spacial score (nSPS) is 12.4. The minimum Gasteiger partial charge on any atom is -0.362 e. The molecule has 0 radical (unpaired) electrons. The molecule has 3 aromatic heterocycles. The van der Waals surface area contributed by atoms with Crippen LogP contribution in [-0.4, -0.2) is 24.4 Å². The predicted molar refractivity (Wildman–Crippen MR) is 93.3 cm³/mol. The van der Waals surface area contributed by atoms with Crippen molar-refractivity contribution in [1.82, 2.24) is 24.4 Å². The fraction of sp³-hybridized carbons (Fsp3) is 0.167. The van der Waals surface area contributed by atoms with E-state index in [2.05, 4.69) is 51.7 Å². The Morgan fingerprint density at radius 3 is 2.67 bits per heavy atom. The summed E-state index contributed by atoms with van der Waals surface area (Å²) in [5, 5.41) is 12.1. The first kappa shape index (κ1) is 14.4. The van der Waals surface area contributed by atoms with E-state index < -0.39 is 0 Å². The van der Waals surface area contributed by atoms with Gasteiger partial charge in [0.05, 0.1) is 17.4 Å². The van der Waals surface area contributed by atoms with Crippen LogP contribution < -0.4 is 5.32 Å². The highest BCUT2D eigenvalue weighted by Gasteiger charge is 2.10. The Morgan fingerprint density at radius 2 is 1.92 bits per heavy atom. The highest BCUT2D eigenvalue weighted by atomic mass is 15.3. The van der Waals surface area contributed by atoms with E-state index in [0.717, 1.165) is 22.7 Å². The van der Waals surface area contributed by atoms with Gasteiger partial charge < -0.3 is 5.32 Å². The van der Waals surface area contributed by atoms with Gasteiger partial charge in [-0.1, -0.05) is 12.1 Å². The summed E-state index contributed by atoms with van der Waals surface area (Å²) in [5.74, 6) is 0.835. The van der Waals surface area contributed by atoms with Crippen LogP contribution in [0.1, 0.15) is 24.2 Å². The molecule has 1 unspecified atom stereocenters. The standard InChI is InChI=1S/C18H18N6/c1-13-12-17-18(19-9-11-24(17)22-13)21-14(2)15-4-6-16(7-5-15)23-10-3-8-20-23/h3-12,14H,1-2H3,(H,19,21). The largest absolute Gasteiger partial charge is 0.362 e. The van der Waals surface area contributed by atoms with Gasteiger partial charge in [0, 0.05) is 24.8 Å². The molecular weight excluding hydrogens is 300 g/mol. The number of fused-ring (bicyclic) bond motifs is 1. The van der Waals surface area contributed by atoms with E-state index in [1.807, 2.05) is 40.6 Å². The molecule has 0 aliphatic heterocycles. The summed E-state index contributed by atoms with van der Waals surface area (Å²) in [4.78, 5) is 4.46. The molecule has 6 nitrogen and oxygen atoms in total. The molecule has 0 aliphatic rings. The van der Waals surface area contributed by atoms with Gasteiger partial charge in [-0.05, 0) is 43.7 Å². The highest BCUT2D eigenvalue weighted by Crippen LogP contribution is 2.22. The van der Waals surface area contributed by atoms with E-state index in [0.29, 0.717) is 0 Å². The molecule has 0 aliphatic carbocycles. The number of nitrogens with one attached hydrogen (secondary N) is 1. The molecule has 0 saturated carbocycles. The van der Waals surface area contributed by atoms with Crippen molar-refractivity contribution in [3.8, 4) is 5.69 Å². The van der Waals surface area contributed by atoms with Gasteiger partial charge in [0.15, 0.2) is 5.82 Å². The van der Waals surface area contributed by atoms with Crippen LogP contribution in [0, 0.1) is 6.92 Å². The lowest BCUT2D eigenvalue weighted by Gasteiger charge is -2.16. The maximum absolute atomic E-state index is 4.46. The molecule has 4 rings (SSSR count). The summed E-state index contributed by atoms with van der Waals surface area (Å²) in [7, 11) is 0. The number of nitrogens with zero attached hydrogens (tertiary/aromatic N) is 5. The number of hydrogen-bond donors (Lipinski definition) is 1. The van der Waals surface area contributed by atoms with Crippen molar-refractivity contribution in [1.29, 1.82) is 0 Å². The second kappa shape index (κ2) is 5.81. The van der Waals surface area contributed by atoms with Crippen molar-refractivity contribution >= 4 is 11.3 Å². The monoisotopic (exact) mass is 318 g/mol. The van der Waals surface area contributed by atoms with E-state index in [-0.39, 0.29) is 6.04 Å². The lowest BCUT2D eigenvalue weighted by Crippen LogP contribution is -2.09. The highest BCUT2D eigenvalue weighted by molar-refractivity contribution is 5.68. The minimum atomic E-state index is 0.130. The van der Waals surface area contributed by atoms with Crippen molar-refractivity contribution in [3.05, 3.63) is 72.4 Å². The zero-order valence-electron chi connectivity index (χ0n) is 13.6. The van der Waals surface area contributed by atoms with Crippen molar-refractivity contribution in [3.63, 3.8) is 0 Å². The van der Waals surface area contributed by atoms with Gasteiger partial charge in [0.25, 0.3) is 0 Å². The summed E-state index contributed by atoms with van der Waals surface area (Å²) < 4.78 is 3.69. The third kappa shape index (κ3) is 2.62. The van der Waals surface area contributed by atoms with Crippen LogP contribution in [-0.2, 0) is 0 Å². The van der Waals surface area contributed by atoms with Crippen molar-refractivity contribution in [2.75, 3.05) is 5.32 Å². The number of hydrogen-bond acceptors (Lipinski definition) is 4. The topological polar surface area (TPSA) is 60.0 Å². The number of rotatable bonds is 4. The van der Waals surface area contributed by atoms with E-state index in [9.17, 15) is 0 Å². The number of benzene rings is 1. The average molecular weight is 318 g/mol. The molecule has 1 N–H and O–H groups in total. The first-order valence-electron chi connectivity index (χ1n) is 7.88. The quantitative estimate of drug-likeness (QED) is 0.626. The lowest BCUT2D eigenvalue weighted by molar-refractivity contribution is 0.854. The molecule has 0 amide bonds. The van der Waals surface area contributed by atoms with Gasteiger partial charge in [0.1, 0.15) is 5.52 Å². The van der Waals surface area contributed by atoms with Crippen LogP contribution in [0.2, 0.25) is 0 Å². The summed E-state index contributed by atoms with van der Waals surface area (Å²) in [5.41, 5.74) is 4.19. The van der Waals surface area contributed by atoms with Gasteiger partial charge in [0.2, 0.25) is 0 Å². The first-order chi connectivity index (χ1) is 11.7. The second-order valence-corrected chi connectivity index (χ2v) is 5.80. The van der Waals surface area contributed by atoms with E-state index >= 15 is 0 Å². The van der Waals surface area contributed by atoms with Crippen LogP contribution in [0.4, 0.5) is 5.82 Å². The van der Waals surface area contributed by atoms with Gasteiger partial charge in [-0.25, -0.2) is 14.2 Å². The Morgan fingerprint density at radius 1 is 1.08 bits per heavy atom. The molecule has 0 bridgehead atoms. The Kier molecular flexibility index (Phi) is 3.49. The smallest absolute Gasteiger partial charge is 0.152 e. The average Bonchev–Trinajstić information content (AvgIpc) is 3.24. The molecule has 120 valence electrons. The Hall–Kier alpha value is -3.15. The second-order valence-electron chi connectivity index (χ2n) is 5.80. The Bertz CT molecular complexity index is 953. The Labute approximate surface area is 139 Å². The number of aromatic nitrogens is 5. The molecule has 3 heterocycles. The van der Waals surface area contributed by atoms with Gasteiger partial charge in [-0.3, -0.25) is 0 Å². The van der Waals surface area contributed by atoms with E-state index in [4.69, 9.17) is 0 Å². The summed E-state index contributed by atoms with van der Waals surface area (Å²) in [6.45, 7) is 4.10. The van der Waals surface area contributed by atoms with Gasteiger partial charge >= 0.3 is 0 Å². The summed E-state index contributed by atoms with van der Waals surface area (Å²) in [6.07, 6.45) is 7.33. The van der Waals surface area contributed by atoms with Crippen LogP contribution >= 0.6 is 0 Å². The third-order valence-corrected chi connectivity index (χ3v) is 4.03. The van der Waals surface area contributed by atoms with Crippen molar-refractivity contribution < 1.29 is 0 Å². The SMILES string of the molecule is Cc1cc2c(NC(C)c3ccc(-n4cccn4)cc3)nccn2n1. The zero-order chi connectivity index (χ0) is 16.5.